The number of hydrogen-bond donors (Lipinski definition) is 1. The van der Waals surface area contributed by atoms with Crippen molar-refractivity contribution in [2.45, 2.75) is 118 Å². The molecule has 12 nitrogen and oxygen atoms in total. The summed E-state index contributed by atoms with van der Waals surface area (Å²) in [5.74, 6) is -1.95. The summed E-state index contributed by atoms with van der Waals surface area (Å²) >= 11 is 0. The molecule has 2 unspecified atom stereocenters. The van der Waals surface area contributed by atoms with E-state index >= 15 is 0 Å². The van der Waals surface area contributed by atoms with E-state index in [1.807, 2.05) is 12.5 Å². The van der Waals surface area contributed by atoms with E-state index in [-0.39, 0.29) is 18.6 Å². The van der Waals surface area contributed by atoms with Crippen molar-refractivity contribution in [1.82, 2.24) is 14.9 Å². The number of carbonyl (C=O) groups excluding carboxylic acids is 4. The molecule has 0 saturated heterocycles. The van der Waals surface area contributed by atoms with Crippen molar-refractivity contribution in [2.75, 3.05) is 6.54 Å². The highest BCUT2D eigenvalue weighted by Crippen LogP contribution is 2.28. The maximum absolute atomic E-state index is 13.1. The van der Waals surface area contributed by atoms with Crippen LogP contribution < -0.4 is 5.32 Å². The molecule has 1 amide bonds. The quantitative estimate of drug-likeness (QED) is 0.140. The van der Waals surface area contributed by atoms with Crippen LogP contribution in [0.25, 0.3) is 0 Å². The third-order valence-corrected chi connectivity index (χ3v) is 6.34. The van der Waals surface area contributed by atoms with Crippen LogP contribution in [-0.4, -0.2) is 59.0 Å². The molecule has 1 saturated carbocycles. The molecular formula is C28H45N3O9. The molecule has 1 aliphatic carbocycles. The monoisotopic (exact) mass is 567 g/mol. The van der Waals surface area contributed by atoms with E-state index in [0.717, 1.165) is 18.5 Å². The zero-order chi connectivity index (χ0) is 29.7. The predicted molar refractivity (Wildman–Crippen MR) is 144 cm³/mol. The molecule has 0 bridgehead atoms. The van der Waals surface area contributed by atoms with Crippen LogP contribution in [0.5, 0.6) is 0 Å². The first-order valence-corrected chi connectivity index (χ1v) is 14.2. The Morgan fingerprint density at radius 3 is 2.20 bits per heavy atom. The van der Waals surface area contributed by atoms with Gasteiger partial charge < -0.3 is 33.6 Å². The fraction of sp³-hybridized carbons (Fsp3) is 0.750. The molecule has 1 fully saturated rings. The summed E-state index contributed by atoms with van der Waals surface area (Å²) in [6.45, 7) is 9.85. The van der Waals surface area contributed by atoms with E-state index < -0.39 is 42.7 Å². The van der Waals surface area contributed by atoms with E-state index in [0.29, 0.717) is 25.3 Å². The first-order chi connectivity index (χ1) is 18.9. The summed E-state index contributed by atoms with van der Waals surface area (Å²) in [6.07, 6.45) is 6.59. The molecule has 1 aliphatic rings. The number of imidazole rings is 1. The Morgan fingerprint density at radius 1 is 0.900 bits per heavy atom. The van der Waals surface area contributed by atoms with Gasteiger partial charge in [0.2, 0.25) is 12.6 Å². The fourth-order valence-electron chi connectivity index (χ4n) is 4.31. The second-order valence-corrected chi connectivity index (χ2v) is 10.7. The largest absolute Gasteiger partial charge is 0.511 e. The molecule has 226 valence electrons. The summed E-state index contributed by atoms with van der Waals surface area (Å²) in [5.41, 5.74) is 0.758. The van der Waals surface area contributed by atoms with E-state index in [1.165, 1.54) is 33.1 Å². The maximum atomic E-state index is 13.1. The number of nitrogens with one attached hydrogen (secondary N) is 1. The molecule has 3 atom stereocenters. The first kappa shape index (κ1) is 32.9. The van der Waals surface area contributed by atoms with Crippen LogP contribution in [0.4, 0.5) is 9.59 Å². The zero-order valence-corrected chi connectivity index (χ0v) is 24.6. The highest BCUT2D eigenvalue weighted by molar-refractivity contribution is 5.73. The van der Waals surface area contributed by atoms with Crippen LogP contribution in [0.1, 0.15) is 98.2 Å². The third kappa shape index (κ3) is 12.3. The Bertz CT molecular complexity index is 957. The third-order valence-electron chi connectivity index (χ3n) is 6.34. The average molecular weight is 568 g/mol. The van der Waals surface area contributed by atoms with E-state index in [9.17, 15) is 19.2 Å². The highest BCUT2D eigenvalue weighted by Gasteiger charge is 2.26. The van der Waals surface area contributed by atoms with Crippen molar-refractivity contribution in [3.63, 3.8) is 0 Å². The smallest absolute Gasteiger partial charge is 0.431 e. The number of ether oxygens (including phenoxy) is 5. The Kier molecular flexibility index (Phi) is 13.7. The van der Waals surface area contributed by atoms with Crippen molar-refractivity contribution in [2.24, 2.45) is 11.8 Å². The Hall–Kier alpha value is -3.31. The molecule has 40 heavy (non-hydrogen) atoms. The lowest BCUT2D eigenvalue weighted by Gasteiger charge is -2.22. The number of hydrogen-bond acceptors (Lipinski definition) is 10. The van der Waals surface area contributed by atoms with Gasteiger partial charge in [-0.2, -0.15) is 0 Å². The average Bonchev–Trinajstić information content (AvgIpc) is 3.34. The molecule has 12 heteroatoms. The van der Waals surface area contributed by atoms with Gasteiger partial charge in [0.15, 0.2) is 0 Å². The number of amides is 1. The van der Waals surface area contributed by atoms with Crippen molar-refractivity contribution >= 4 is 24.2 Å². The van der Waals surface area contributed by atoms with Crippen molar-refractivity contribution in [3.8, 4) is 0 Å². The standard InChI is InChI=1S/C28H45N3O9/c1-18(2)25(32)37-20(5)39-27(34)29-14-10-11-22(26(33)38-21(6)40-28(35)36-19(3)4)15-23-16-31(17-30-23)24-12-8-7-9-13-24/h16-22,24H,7-15H2,1-6H3,(H,29,34)/t20?,21?,22-/m0/s1. The van der Waals surface area contributed by atoms with Crippen LogP contribution in [-0.2, 0) is 39.7 Å². The highest BCUT2D eigenvalue weighted by atomic mass is 16.8. The normalized spacial score (nSPS) is 16.1. The minimum absolute atomic E-state index is 0.219. The van der Waals surface area contributed by atoms with Crippen molar-refractivity contribution < 1.29 is 42.9 Å². The summed E-state index contributed by atoms with van der Waals surface area (Å²) < 4.78 is 27.5. The van der Waals surface area contributed by atoms with Crippen molar-refractivity contribution in [3.05, 3.63) is 18.2 Å². The van der Waals surface area contributed by atoms with Gasteiger partial charge in [-0.25, -0.2) is 14.6 Å². The van der Waals surface area contributed by atoms with Crippen LogP contribution in [0.2, 0.25) is 0 Å². The fourth-order valence-corrected chi connectivity index (χ4v) is 4.31. The van der Waals surface area contributed by atoms with Crippen LogP contribution in [0.3, 0.4) is 0 Å². The molecule has 1 aromatic heterocycles. The van der Waals surface area contributed by atoms with Gasteiger partial charge in [0, 0.05) is 39.1 Å². The summed E-state index contributed by atoms with van der Waals surface area (Å²) in [4.78, 5) is 53.0. The summed E-state index contributed by atoms with van der Waals surface area (Å²) in [7, 11) is 0. The summed E-state index contributed by atoms with van der Waals surface area (Å²) in [5, 5.41) is 2.60. The van der Waals surface area contributed by atoms with Crippen LogP contribution >= 0.6 is 0 Å². The molecule has 0 aromatic carbocycles. The molecule has 2 rings (SSSR count). The number of aromatic nitrogens is 2. The molecule has 0 spiro atoms. The van der Waals surface area contributed by atoms with Gasteiger partial charge in [-0.05, 0) is 39.5 Å². The molecule has 0 aliphatic heterocycles. The number of alkyl carbamates (subject to hydrolysis) is 1. The second-order valence-electron chi connectivity index (χ2n) is 10.7. The predicted octanol–water partition coefficient (Wildman–Crippen LogP) is 5.05. The topological polar surface area (TPSA) is 144 Å². The van der Waals surface area contributed by atoms with Gasteiger partial charge in [0.05, 0.1) is 30.0 Å². The van der Waals surface area contributed by atoms with Gasteiger partial charge in [-0.15, -0.1) is 0 Å². The van der Waals surface area contributed by atoms with Gasteiger partial charge in [-0.1, -0.05) is 33.1 Å². The van der Waals surface area contributed by atoms with Crippen LogP contribution in [0, 0.1) is 11.8 Å². The van der Waals surface area contributed by atoms with E-state index in [1.54, 1.807) is 27.7 Å². The lowest BCUT2D eigenvalue weighted by atomic mass is 9.95. The number of carbonyl (C=O) groups is 4. The van der Waals surface area contributed by atoms with Gasteiger partial charge in [0.25, 0.3) is 0 Å². The second kappa shape index (κ2) is 16.7. The SMILES string of the molecule is CC(C)OC(=O)OC(C)OC(=O)[C@@H](CCCNC(=O)OC(C)OC(=O)C(C)C)Cc1cn(C2CCCCC2)cn1. The van der Waals surface area contributed by atoms with Gasteiger partial charge in [0.1, 0.15) is 0 Å². The Morgan fingerprint density at radius 2 is 1.55 bits per heavy atom. The lowest BCUT2D eigenvalue weighted by molar-refractivity contribution is -0.174. The van der Waals surface area contributed by atoms with Crippen LogP contribution in [0.15, 0.2) is 12.5 Å². The van der Waals surface area contributed by atoms with Gasteiger partial charge in [-0.3, -0.25) is 9.59 Å². The molecule has 1 heterocycles. The number of nitrogens with zero attached hydrogens (tertiary/aromatic N) is 2. The minimum atomic E-state index is -1.14. The summed E-state index contributed by atoms with van der Waals surface area (Å²) in [6, 6.07) is 0.415. The zero-order valence-electron chi connectivity index (χ0n) is 24.6. The molecule has 1 aromatic rings. The Balaban J connectivity index is 1.93. The lowest BCUT2D eigenvalue weighted by Crippen LogP contribution is -2.32. The van der Waals surface area contributed by atoms with E-state index in [4.69, 9.17) is 23.7 Å². The molecular weight excluding hydrogens is 522 g/mol. The van der Waals surface area contributed by atoms with Crippen molar-refractivity contribution in [1.29, 1.82) is 0 Å². The Labute approximate surface area is 236 Å². The van der Waals surface area contributed by atoms with Gasteiger partial charge >= 0.3 is 24.2 Å². The minimum Gasteiger partial charge on any atom is -0.431 e. The maximum Gasteiger partial charge on any atom is 0.511 e. The first-order valence-electron chi connectivity index (χ1n) is 14.2. The number of rotatable bonds is 14. The molecule has 0 radical (unpaired) electrons. The van der Waals surface area contributed by atoms with E-state index in [2.05, 4.69) is 14.9 Å². The number of esters is 2. The molecule has 1 N–H and O–H groups in total.